The lowest BCUT2D eigenvalue weighted by Crippen LogP contribution is -2.10. The number of nitrogens with one attached hydrogen (secondary N) is 1. The standard InChI is InChI=1S/C10H14N2O2/c11-7-12-8-2-3-9-10(6-8)14-5-1-4-13-9/h2-3,6,12H,1,4-5,7,11H2. The van der Waals surface area contributed by atoms with Crippen LogP contribution < -0.4 is 20.5 Å². The second-order valence-corrected chi connectivity index (χ2v) is 3.09. The Kier molecular flexibility index (Phi) is 2.74. The lowest BCUT2D eigenvalue weighted by Gasteiger charge is -2.09. The number of fused-ring (bicyclic) bond motifs is 1. The van der Waals surface area contributed by atoms with E-state index in [4.69, 9.17) is 15.2 Å². The number of nitrogens with two attached hydrogens (primary N) is 1. The molecule has 4 nitrogen and oxygen atoms in total. The van der Waals surface area contributed by atoms with Gasteiger partial charge in [0, 0.05) is 18.2 Å². The van der Waals surface area contributed by atoms with E-state index in [-0.39, 0.29) is 0 Å². The molecule has 76 valence electrons. The van der Waals surface area contributed by atoms with E-state index in [1.165, 1.54) is 0 Å². The van der Waals surface area contributed by atoms with E-state index in [1.54, 1.807) is 0 Å². The second kappa shape index (κ2) is 4.19. The lowest BCUT2D eigenvalue weighted by atomic mass is 10.3. The summed E-state index contributed by atoms with van der Waals surface area (Å²) in [6, 6.07) is 5.74. The van der Waals surface area contributed by atoms with Gasteiger partial charge in [-0.05, 0) is 12.1 Å². The topological polar surface area (TPSA) is 56.5 Å². The van der Waals surface area contributed by atoms with Crippen molar-refractivity contribution in [1.29, 1.82) is 0 Å². The van der Waals surface area contributed by atoms with E-state index < -0.39 is 0 Å². The number of hydrogen-bond donors (Lipinski definition) is 2. The number of rotatable bonds is 2. The Labute approximate surface area is 83.0 Å². The van der Waals surface area contributed by atoms with Crippen molar-refractivity contribution in [3.05, 3.63) is 18.2 Å². The van der Waals surface area contributed by atoms with Gasteiger partial charge in [-0.15, -0.1) is 0 Å². The van der Waals surface area contributed by atoms with E-state index in [1.807, 2.05) is 18.2 Å². The Balaban J connectivity index is 2.23. The Hall–Kier alpha value is -1.42. The monoisotopic (exact) mass is 194 g/mol. The molecular weight excluding hydrogens is 180 g/mol. The van der Waals surface area contributed by atoms with Crippen LogP contribution in [0.3, 0.4) is 0 Å². The zero-order valence-electron chi connectivity index (χ0n) is 7.95. The highest BCUT2D eigenvalue weighted by atomic mass is 16.5. The summed E-state index contributed by atoms with van der Waals surface area (Å²) in [5.41, 5.74) is 6.34. The minimum atomic E-state index is 0.416. The van der Waals surface area contributed by atoms with Gasteiger partial charge in [-0.25, -0.2) is 0 Å². The van der Waals surface area contributed by atoms with Crippen molar-refractivity contribution in [3.63, 3.8) is 0 Å². The average Bonchev–Trinajstić information content (AvgIpc) is 2.42. The van der Waals surface area contributed by atoms with Crippen molar-refractivity contribution in [2.24, 2.45) is 5.73 Å². The zero-order valence-corrected chi connectivity index (χ0v) is 7.95. The summed E-state index contributed by atoms with van der Waals surface area (Å²) in [7, 11) is 0. The summed E-state index contributed by atoms with van der Waals surface area (Å²) < 4.78 is 11.0. The van der Waals surface area contributed by atoms with Crippen LogP contribution in [0.25, 0.3) is 0 Å². The van der Waals surface area contributed by atoms with Crippen LogP contribution in [0.4, 0.5) is 5.69 Å². The molecule has 14 heavy (non-hydrogen) atoms. The average molecular weight is 194 g/mol. The molecule has 0 saturated heterocycles. The maximum atomic E-state index is 5.53. The van der Waals surface area contributed by atoms with E-state index in [0.29, 0.717) is 13.3 Å². The van der Waals surface area contributed by atoms with Crippen molar-refractivity contribution >= 4 is 5.69 Å². The third-order valence-electron chi connectivity index (χ3n) is 2.05. The van der Waals surface area contributed by atoms with Crippen LogP contribution in [0.2, 0.25) is 0 Å². The maximum Gasteiger partial charge on any atom is 0.163 e. The van der Waals surface area contributed by atoms with Gasteiger partial charge in [0.25, 0.3) is 0 Å². The fourth-order valence-corrected chi connectivity index (χ4v) is 1.39. The molecule has 0 saturated carbocycles. The fraction of sp³-hybridized carbons (Fsp3) is 0.400. The molecule has 4 heteroatoms. The van der Waals surface area contributed by atoms with Crippen molar-refractivity contribution in [2.75, 3.05) is 25.2 Å². The summed E-state index contributed by atoms with van der Waals surface area (Å²) >= 11 is 0. The van der Waals surface area contributed by atoms with Gasteiger partial charge in [0.15, 0.2) is 11.5 Å². The van der Waals surface area contributed by atoms with Gasteiger partial charge in [0.1, 0.15) is 0 Å². The third kappa shape index (κ3) is 1.90. The third-order valence-corrected chi connectivity index (χ3v) is 2.05. The summed E-state index contributed by atoms with van der Waals surface area (Å²) in [6.07, 6.45) is 0.925. The first-order valence-electron chi connectivity index (χ1n) is 4.74. The highest BCUT2D eigenvalue weighted by Gasteiger charge is 2.09. The molecule has 1 aromatic carbocycles. The summed E-state index contributed by atoms with van der Waals surface area (Å²) in [5, 5.41) is 3.02. The first kappa shape index (κ1) is 9.15. The smallest absolute Gasteiger partial charge is 0.163 e. The molecule has 0 bridgehead atoms. The molecule has 2 rings (SSSR count). The SMILES string of the molecule is NCNc1ccc2c(c1)OCCCO2. The molecular formula is C10H14N2O2. The largest absolute Gasteiger partial charge is 0.490 e. The van der Waals surface area contributed by atoms with E-state index in [9.17, 15) is 0 Å². The number of hydrogen-bond acceptors (Lipinski definition) is 4. The highest BCUT2D eigenvalue weighted by molar-refractivity contribution is 5.54. The molecule has 0 spiro atoms. The molecule has 0 aromatic heterocycles. The first-order chi connectivity index (χ1) is 6.90. The molecule has 0 amide bonds. The molecule has 1 aromatic rings. The van der Waals surface area contributed by atoms with Crippen LogP contribution in [0.15, 0.2) is 18.2 Å². The van der Waals surface area contributed by atoms with E-state index >= 15 is 0 Å². The molecule has 1 aliphatic heterocycles. The molecule has 1 aliphatic rings. The van der Waals surface area contributed by atoms with Gasteiger partial charge in [-0.2, -0.15) is 0 Å². The Morgan fingerprint density at radius 2 is 2.00 bits per heavy atom. The maximum absolute atomic E-state index is 5.53. The Bertz CT molecular complexity index is 315. The van der Waals surface area contributed by atoms with Crippen LogP contribution in [0.1, 0.15) is 6.42 Å². The van der Waals surface area contributed by atoms with Gasteiger partial charge >= 0.3 is 0 Å². The van der Waals surface area contributed by atoms with Crippen LogP contribution in [-0.2, 0) is 0 Å². The van der Waals surface area contributed by atoms with E-state index in [0.717, 1.165) is 30.2 Å². The van der Waals surface area contributed by atoms with Gasteiger partial charge in [-0.3, -0.25) is 0 Å². The fourth-order valence-electron chi connectivity index (χ4n) is 1.39. The van der Waals surface area contributed by atoms with Crippen molar-refractivity contribution < 1.29 is 9.47 Å². The second-order valence-electron chi connectivity index (χ2n) is 3.09. The number of benzene rings is 1. The Morgan fingerprint density at radius 3 is 2.79 bits per heavy atom. The molecule has 0 radical (unpaired) electrons. The van der Waals surface area contributed by atoms with Gasteiger partial charge in [-0.1, -0.05) is 0 Å². The molecule has 0 aliphatic carbocycles. The lowest BCUT2D eigenvalue weighted by molar-refractivity contribution is 0.297. The summed E-state index contributed by atoms with van der Waals surface area (Å²) in [5.74, 6) is 1.60. The highest BCUT2D eigenvalue weighted by Crippen LogP contribution is 2.31. The van der Waals surface area contributed by atoms with Crippen molar-refractivity contribution in [2.45, 2.75) is 6.42 Å². The summed E-state index contributed by atoms with van der Waals surface area (Å²) in [6.45, 7) is 1.84. The van der Waals surface area contributed by atoms with Crippen LogP contribution >= 0.6 is 0 Å². The number of anilines is 1. The minimum Gasteiger partial charge on any atom is -0.490 e. The predicted octanol–water partition coefficient (Wildman–Crippen LogP) is 1.18. The van der Waals surface area contributed by atoms with Gasteiger partial charge in [0.2, 0.25) is 0 Å². The van der Waals surface area contributed by atoms with Gasteiger partial charge in [0.05, 0.1) is 19.9 Å². The molecule has 0 atom stereocenters. The predicted molar refractivity (Wildman–Crippen MR) is 54.7 cm³/mol. The number of ether oxygens (including phenoxy) is 2. The van der Waals surface area contributed by atoms with Crippen molar-refractivity contribution in [3.8, 4) is 11.5 Å². The van der Waals surface area contributed by atoms with Crippen LogP contribution in [-0.4, -0.2) is 19.9 Å². The van der Waals surface area contributed by atoms with Crippen LogP contribution in [0, 0.1) is 0 Å². The molecule has 3 N–H and O–H groups in total. The minimum absolute atomic E-state index is 0.416. The molecule has 0 fully saturated rings. The quantitative estimate of drug-likeness (QED) is 0.694. The van der Waals surface area contributed by atoms with Crippen molar-refractivity contribution in [1.82, 2.24) is 0 Å². The van der Waals surface area contributed by atoms with Crippen LogP contribution in [0.5, 0.6) is 11.5 Å². The zero-order chi connectivity index (χ0) is 9.80. The van der Waals surface area contributed by atoms with E-state index in [2.05, 4.69) is 5.32 Å². The molecule has 1 heterocycles. The summed E-state index contributed by atoms with van der Waals surface area (Å²) in [4.78, 5) is 0. The Morgan fingerprint density at radius 1 is 1.21 bits per heavy atom. The normalized spacial score (nSPS) is 14.6. The first-order valence-corrected chi connectivity index (χ1v) is 4.74. The van der Waals surface area contributed by atoms with Gasteiger partial charge < -0.3 is 20.5 Å². The molecule has 0 unspecified atom stereocenters.